The van der Waals surface area contributed by atoms with E-state index in [1.54, 1.807) is 21.7 Å². The van der Waals surface area contributed by atoms with Crippen molar-refractivity contribution in [2.75, 3.05) is 13.1 Å². The van der Waals surface area contributed by atoms with Crippen LogP contribution in [0.5, 0.6) is 0 Å². The third-order valence-electron chi connectivity index (χ3n) is 6.63. The Morgan fingerprint density at radius 1 is 0.972 bits per heavy atom. The molecule has 5 nitrogen and oxygen atoms in total. The van der Waals surface area contributed by atoms with Crippen molar-refractivity contribution in [3.05, 3.63) is 101 Å². The van der Waals surface area contributed by atoms with Gasteiger partial charge >= 0.3 is 0 Å². The number of hydrogen-bond acceptors (Lipinski definition) is 4. The molecule has 3 aromatic carbocycles. The van der Waals surface area contributed by atoms with E-state index >= 15 is 0 Å². The van der Waals surface area contributed by atoms with Crippen molar-refractivity contribution in [3.63, 3.8) is 0 Å². The van der Waals surface area contributed by atoms with Gasteiger partial charge in [0.15, 0.2) is 4.80 Å². The highest BCUT2D eigenvalue weighted by Gasteiger charge is 2.29. The minimum absolute atomic E-state index is 0.358. The minimum atomic E-state index is -3.53. The summed E-state index contributed by atoms with van der Waals surface area (Å²) in [7, 11) is -3.53. The fourth-order valence-electron chi connectivity index (χ4n) is 4.69. The zero-order chi connectivity index (χ0) is 25.0. The Kier molecular flexibility index (Phi) is 7.51. The van der Waals surface area contributed by atoms with Gasteiger partial charge in [0.2, 0.25) is 10.0 Å². The normalized spacial score (nSPS) is 17.4. The van der Waals surface area contributed by atoms with Crippen LogP contribution in [0.25, 0.3) is 11.3 Å². The Morgan fingerprint density at radius 2 is 1.72 bits per heavy atom. The molecule has 4 aromatic rings. The monoisotopic (exact) mass is 517 g/mol. The van der Waals surface area contributed by atoms with Gasteiger partial charge in [-0.3, -0.25) is 0 Å². The molecule has 0 spiro atoms. The molecule has 2 heterocycles. The molecular weight excluding hydrogens is 486 g/mol. The molecule has 1 aromatic heterocycles. The number of thiazole rings is 1. The first-order chi connectivity index (χ1) is 17.5. The Balaban J connectivity index is 1.53. The first kappa shape index (κ1) is 24.7. The van der Waals surface area contributed by atoms with Gasteiger partial charge in [0, 0.05) is 30.6 Å². The first-order valence-corrected chi connectivity index (χ1v) is 14.8. The third kappa shape index (κ3) is 5.53. The van der Waals surface area contributed by atoms with E-state index in [-0.39, 0.29) is 0 Å². The lowest BCUT2D eigenvalue weighted by Crippen LogP contribution is -2.39. The molecule has 0 amide bonds. The highest BCUT2D eigenvalue weighted by atomic mass is 32.2. The number of aromatic nitrogens is 1. The van der Waals surface area contributed by atoms with E-state index in [4.69, 9.17) is 4.99 Å². The van der Waals surface area contributed by atoms with Gasteiger partial charge in [0.05, 0.1) is 16.3 Å². The summed E-state index contributed by atoms with van der Waals surface area (Å²) in [5.74, 6) is 0.385. The molecule has 0 N–H and O–H groups in total. The van der Waals surface area contributed by atoms with E-state index < -0.39 is 10.0 Å². The van der Waals surface area contributed by atoms with Crippen molar-refractivity contribution in [1.82, 2.24) is 8.87 Å². The van der Waals surface area contributed by atoms with E-state index in [0.717, 1.165) is 47.6 Å². The summed E-state index contributed by atoms with van der Waals surface area (Å²) in [4.78, 5) is 6.16. The zero-order valence-electron chi connectivity index (χ0n) is 20.5. The number of aryl methyl sites for hydroxylation is 1. The number of rotatable bonds is 7. The Morgan fingerprint density at radius 3 is 2.47 bits per heavy atom. The van der Waals surface area contributed by atoms with Crippen LogP contribution in [0.1, 0.15) is 25.3 Å². The zero-order valence-corrected chi connectivity index (χ0v) is 22.1. The van der Waals surface area contributed by atoms with Gasteiger partial charge in [-0.15, -0.1) is 11.3 Å². The molecule has 0 radical (unpaired) electrons. The molecule has 1 atom stereocenters. The molecule has 1 aliphatic rings. The van der Waals surface area contributed by atoms with E-state index in [0.29, 0.717) is 23.9 Å². The molecule has 1 fully saturated rings. The maximum absolute atomic E-state index is 13.5. The lowest BCUT2D eigenvalue weighted by atomic mass is 10.0. The molecule has 0 bridgehead atoms. The van der Waals surface area contributed by atoms with Crippen LogP contribution < -0.4 is 4.80 Å². The highest BCUT2D eigenvalue weighted by molar-refractivity contribution is 7.89. The number of benzene rings is 3. The molecule has 0 saturated carbocycles. The SMILES string of the molecule is C[C@H]1CCCN(S(=O)(=O)c2cccc(-c3csc(=Nc4ccccc4)n3CCc3ccccc3)c2)C1. The summed E-state index contributed by atoms with van der Waals surface area (Å²) in [5, 5.41) is 2.08. The van der Waals surface area contributed by atoms with Crippen LogP contribution in [0, 0.1) is 5.92 Å². The highest BCUT2D eigenvalue weighted by Crippen LogP contribution is 2.28. The van der Waals surface area contributed by atoms with Gasteiger partial charge < -0.3 is 4.57 Å². The standard InChI is InChI=1S/C29H31N3O2S2/c1-23-10-9-18-31(21-23)36(33,34)27-16-8-13-25(20-27)28-22-35-29(30-26-14-6-3-7-15-26)32(28)19-17-24-11-4-2-5-12-24/h2-8,11-16,20,22-23H,9-10,17-19,21H2,1H3/t23-/m0/s1. The smallest absolute Gasteiger partial charge is 0.243 e. The second-order valence-corrected chi connectivity index (χ2v) is 12.2. The molecule has 7 heteroatoms. The second-order valence-electron chi connectivity index (χ2n) is 9.38. The second kappa shape index (κ2) is 10.9. The number of piperidine rings is 1. The lowest BCUT2D eigenvalue weighted by molar-refractivity contribution is 0.281. The van der Waals surface area contributed by atoms with Crippen molar-refractivity contribution in [2.45, 2.75) is 37.6 Å². The maximum atomic E-state index is 13.5. The Labute approximate surface area is 217 Å². The van der Waals surface area contributed by atoms with Crippen LogP contribution in [0.3, 0.4) is 0 Å². The lowest BCUT2D eigenvalue weighted by Gasteiger charge is -2.30. The molecule has 1 aliphatic heterocycles. The molecular formula is C29H31N3O2S2. The summed E-state index contributed by atoms with van der Waals surface area (Å²) >= 11 is 1.58. The van der Waals surface area contributed by atoms with Crippen LogP contribution in [0.15, 0.2) is 100 Å². The van der Waals surface area contributed by atoms with E-state index in [1.165, 1.54) is 5.56 Å². The average Bonchev–Trinajstić information content (AvgIpc) is 3.31. The van der Waals surface area contributed by atoms with Gasteiger partial charge in [0.25, 0.3) is 0 Å². The molecule has 0 unspecified atom stereocenters. The Bertz CT molecular complexity index is 1480. The molecule has 36 heavy (non-hydrogen) atoms. The van der Waals surface area contributed by atoms with Crippen molar-refractivity contribution in [3.8, 4) is 11.3 Å². The Hall–Kier alpha value is -3.00. The first-order valence-electron chi connectivity index (χ1n) is 12.4. The van der Waals surface area contributed by atoms with E-state index in [1.807, 2.05) is 54.6 Å². The van der Waals surface area contributed by atoms with Crippen molar-refractivity contribution >= 4 is 27.0 Å². The fourth-order valence-corrected chi connectivity index (χ4v) is 7.29. The molecule has 1 saturated heterocycles. The van der Waals surface area contributed by atoms with E-state index in [2.05, 4.69) is 41.1 Å². The number of hydrogen-bond donors (Lipinski definition) is 0. The number of para-hydroxylation sites is 1. The largest absolute Gasteiger partial charge is 0.316 e. The van der Waals surface area contributed by atoms with Crippen molar-refractivity contribution in [1.29, 1.82) is 0 Å². The van der Waals surface area contributed by atoms with Crippen LogP contribution in [-0.2, 0) is 23.0 Å². The van der Waals surface area contributed by atoms with Crippen molar-refractivity contribution in [2.24, 2.45) is 10.9 Å². The predicted molar refractivity (Wildman–Crippen MR) is 147 cm³/mol. The predicted octanol–water partition coefficient (Wildman–Crippen LogP) is 6.11. The summed E-state index contributed by atoms with van der Waals surface area (Å²) in [6, 6.07) is 27.7. The third-order valence-corrected chi connectivity index (χ3v) is 9.36. The van der Waals surface area contributed by atoms with Crippen LogP contribution in [0.2, 0.25) is 0 Å². The van der Waals surface area contributed by atoms with Crippen molar-refractivity contribution < 1.29 is 8.42 Å². The van der Waals surface area contributed by atoms with Gasteiger partial charge in [0.1, 0.15) is 0 Å². The van der Waals surface area contributed by atoms with E-state index in [9.17, 15) is 8.42 Å². The molecule has 186 valence electrons. The summed E-state index contributed by atoms with van der Waals surface area (Å²) in [6.07, 6.45) is 2.85. The van der Waals surface area contributed by atoms with Gasteiger partial charge in [-0.2, -0.15) is 4.31 Å². The van der Waals surface area contributed by atoms with Gasteiger partial charge in [-0.25, -0.2) is 13.4 Å². The summed E-state index contributed by atoms with van der Waals surface area (Å²) < 4.78 is 30.8. The van der Waals surface area contributed by atoms with Gasteiger partial charge in [-0.1, -0.05) is 67.6 Å². The maximum Gasteiger partial charge on any atom is 0.243 e. The fraction of sp³-hybridized carbons (Fsp3) is 0.276. The molecule has 0 aliphatic carbocycles. The molecule has 5 rings (SSSR count). The van der Waals surface area contributed by atoms with Crippen LogP contribution >= 0.6 is 11.3 Å². The minimum Gasteiger partial charge on any atom is -0.316 e. The average molecular weight is 518 g/mol. The summed E-state index contributed by atoms with van der Waals surface area (Å²) in [5.41, 5.74) is 4.02. The number of nitrogens with zero attached hydrogens (tertiary/aromatic N) is 3. The summed E-state index contributed by atoms with van der Waals surface area (Å²) in [6.45, 7) is 4.04. The van der Waals surface area contributed by atoms with Crippen LogP contribution in [0.4, 0.5) is 5.69 Å². The number of sulfonamides is 1. The topological polar surface area (TPSA) is 54.7 Å². The van der Waals surface area contributed by atoms with Gasteiger partial charge in [-0.05, 0) is 55.0 Å². The van der Waals surface area contributed by atoms with Crippen LogP contribution in [-0.4, -0.2) is 30.4 Å². The quantitative estimate of drug-likeness (QED) is 0.297.